The van der Waals surface area contributed by atoms with Crippen LogP contribution in [0.4, 0.5) is 0 Å². The zero-order valence-electron chi connectivity index (χ0n) is 14.8. The number of hydrogen-bond donors (Lipinski definition) is 0. The standard InChI is InChI=1S/C18H27N3O3/c1-13-5-4-6-14(19-13)18(22)21-10-12-24-17-15(21)7-8-16(17)23-11-9-20(2)3/h4-6,15-17H,7-12H2,1-3H3/t15-,16+,17+/m0/s1. The van der Waals surface area contributed by atoms with Crippen LogP contribution in [-0.4, -0.2) is 79.3 Å². The molecule has 3 rings (SSSR count). The van der Waals surface area contributed by atoms with Crippen LogP contribution in [0, 0.1) is 6.92 Å². The number of carbonyl (C=O) groups is 1. The van der Waals surface area contributed by atoms with E-state index in [1.165, 1.54) is 0 Å². The van der Waals surface area contributed by atoms with E-state index < -0.39 is 0 Å². The number of morpholine rings is 1. The van der Waals surface area contributed by atoms with Crippen LogP contribution in [0.15, 0.2) is 18.2 Å². The van der Waals surface area contributed by atoms with E-state index in [2.05, 4.69) is 9.88 Å². The van der Waals surface area contributed by atoms with Crippen LogP contribution >= 0.6 is 0 Å². The highest BCUT2D eigenvalue weighted by Gasteiger charge is 2.45. The first-order valence-electron chi connectivity index (χ1n) is 8.69. The maximum Gasteiger partial charge on any atom is 0.272 e. The highest BCUT2D eigenvalue weighted by molar-refractivity contribution is 5.92. The second-order valence-electron chi connectivity index (χ2n) is 6.86. The highest BCUT2D eigenvalue weighted by atomic mass is 16.5. The Labute approximate surface area is 143 Å². The predicted octanol–water partition coefficient (Wildman–Crippen LogP) is 1.34. The molecule has 2 fully saturated rings. The van der Waals surface area contributed by atoms with Crippen molar-refractivity contribution in [1.29, 1.82) is 0 Å². The molecule has 1 aromatic heterocycles. The lowest BCUT2D eigenvalue weighted by Crippen LogP contribution is -2.54. The zero-order valence-corrected chi connectivity index (χ0v) is 14.8. The van der Waals surface area contributed by atoms with Crippen molar-refractivity contribution in [3.8, 4) is 0 Å². The van der Waals surface area contributed by atoms with Crippen LogP contribution in [-0.2, 0) is 9.47 Å². The molecule has 1 aromatic rings. The van der Waals surface area contributed by atoms with E-state index in [1.54, 1.807) is 6.07 Å². The third kappa shape index (κ3) is 3.77. The van der Waals surface area contributed by atoms with Crippen LogP contribution in [0.25, 0.3) is 0 Å². The van der Waals surface area contributed by atoms with Gasteiger partial charge in [0.05, 0.1) is 25.4 Å². The molecule has 1 amide bonds. The van der Waals surface area contributed by atoms with E-state index in [0.717, 1.165) is 25.1 Å². The number of rotatable bonds is 5. The number of carbonyl (C=O) groups excluding carboxylic acids is 1. The monoisotopic (exact) mass is 333 g/mol. The Kier molecular flexibility index (Phi) is 5.48. The topological polar surface area (TPSA) is 54.9 Å². The fourth-order valence-electron chi connectivity index (χ4n) is 3.54. The molecule has 6 heteroatoms. The molecule has 1 aliphatic carbocycles. The van der Waals surface area contributed by atoms with Crippen molar-refractivity contribution in [3.05, 3.63) is 29.6 Å². The molecule has 2 aliphatic rings. The number of aromatic nitrogens is 1. The first-order chi connectivity index (χ1) is 11.6. The molecule has 1 saturated carbocycles. The molecule has 132 valence electrons. The van der Waals surface area contributed by atoms with Gasteiger partial charge in [0.15, 0.2) is 0 Å². The van der Waals surface area contributed by atoms with Gasteiger partial charge in [-0.1, -0.05) is 6.07 Å². The second-order valence-corrected chi connectivity index (χ2v) is 6.86. The highest BCUT2D eigenvalue weighted by Crippen LogP contribution is 2.32. The van der Waals surface area contributed by atoms with Gasteiger partial charge in [-0.05, 0) is 46.0 Å². The lowest BCUT2D eigenvalue weighted by molar-refractivity contribution is -0.105. The molecule has 6 nitrogen and oxygen atoms in total. The Morgan fingerprint density at radius 2 is 2.25 bits per heavy atom. The summed E-state index contributed by atoms with van der Waals surface area (Å²) in [7, 11) is 4.07. The van der Waals surface area contributed by atoms with Gasteiger partial charge < -0.3 is 19.3 Å². The van der Waals surface area contributed by atoms with Crippen molar-refractivity contribution >= 4 is 5.91 Å². The van der Waals surface area contributed by atoms with Crippen molar-refractivity contribution in [2.75, 3.05) is 40.4 Å². The van der Waals surface area contributed by atoms with Gasteiger partial charge in [0.1, 0.15) is 11.8 Å². The molecular formula is C18H27N3O3. The average Bonchev–Trinajstić information content (AvgIpc) is 2.97. The maximum atomic E-state index is 12.9. The van der Waals surface area contributed by atoms with Gasteiger partial charge in [-0.15, -0.1) is 0 Å². The van der Waals surface area contributed by atoms with Gasteiger partial charge in [0.2, 0.25) is 0 Å². The zero-order chi connectivity index (χ0) is 17.1. The van der Waals surface area contributed by atoms with Gasteiger partial charge in [0.25, 0.3) is 5.91 Å². The molecule has 24 heavy (non-hydrogen) atoms. The SMILES string of the molecule is Cc1cccc(C(=O)N2CCO[C@H]3[C@H](OCCN(C)C)CC[C@@H]32)n1. The molecule has 0 unspecified atom stereocenters. The van der Waals surface area contributed by atoms with Crippen LogP contribution < -0.4 is 0 Å². The number of pyridine rings is 1. The molecule has 2 heterocycles. The summed E-state index contributed by atoms with van der Waals surface area (Å²) in [4.78, 5) is 21.3. The first-order valence-corrected chi connectivity index (χ1v) is 8.69. The Balaban J connectivity index is 1.65. The number of aryl methyl sites for hydroxylation is 1. The van der Waals surface area contributed by atoms with Crippen molar-refractivity contribution in [1.82, 2.24) is 14.8 Å². The van der Waals surface area contributed by atoms with Gasteiger partial charge >= 0.3 is 0 Å². The Hall–Kier alpha value is -1.50. The van der Waals surface area contributed by atoms with Crippen LogP contribution in [0.1, 0.15) is 29.0 Å². The number of fused-ring (bicyclic) bond motifs is 1. The molecule has 0 aromatic carbocycles. The van der Waals surface area contributed by atoms with E-state index in [4.69, 9.17) is 9.47 Å². The van der Waals surface area contributed by atoms with Crippen molar-refractivity contribution in [2.24, 2.45) is 0 Å². The predicted molar refractivity (Wildman–Crippen MR) is 91.1 cm³/mol. The molecule has 1 aliphatic heterocycles. The third-order valence-electron chi connectivity index (χ3n) is 4.77. The van der Waals surface area contributed by atoms with Gasteiger partial charge in [-0.3, -0.25) is 4.79 Å². The minimum atomic E-state index is -0.0188. The summed E-state index contributed by atoms with van der Waals surface area (Å²) in [6.07, 6.45) is 1.92. The third-order valence-corrected chi connectivity index (χ3v) is 4.77. The minimum Gasteiger partial charge on any atom is -0.374 e. The number of hydrogen-bond acceptors (Lipinski definition) is 5. The Morgan fingerprint density at radius 1 is 1.42 bits per heavy atom. The molecule has 3 atom stereocenters. The molecule has 0 N–H and O–H groups in total. The number of nitrogens with zero attached hydrogens (tertiary/aromatic N) is 3. The molecule has 0 radical (unpaired) electrons. The lowest BCUT2D eigenvalue weighted by atomic mass is 10.1. The van der Waals surface area contributed by atoms with E-state index in [1.807, 2.05) is 38.1 Å². The quantitative estimate of drug-likeness (QED) is 0.814. The summed E-state index contributed by atoms with van der Waals surface area (Å²) in [6.45, 7) is 4.68. The van der Waals surface area contributed by atoms with Crippen molar-refractivity contribution in [3.63, 3.8) is 0 Å². The number of ether oxygens (including phenoxy) is 2. The van der Waals surface area contributed by atoms with E-state index in [9.17, 15) is 4.79 Å². The Morgan fingerprint density at radius 3 is 3.00 bits per heavy atom. The molecule has 0 spiro atoms. The van der Waals surface area contributed by atoms with Crippen LogP contribution in [0.2, 0.25) is 0 Å². The second kappa shape index (κ2) is 7.59. The summed E-state index contributed by atoms with van der Waals surface area (Å²) < 4.78 is 12.0. The van der Waals surface area contributed by atoms with E-state index in [0.29, 0.717) is 25.5 Å². The summed E-state index contributed by atoms with van der Waals surface area (Å²) in [5.41, 5.74) is 1.38. The van der Waals surface area contributed by atoms with Gasteiger partial charge in [-0.2, -0.15) is 0 Å². The van der Waals surface area contributed by atoms with Crippen LogP contribution in [0.3, 0.4) is 0 Å². The maximum absolute atomic E-state index is 12.9. The minimum absolute atomic E-state index is 0.00550. The molecular weight excluding hydrogens is 306 g/mol. The van der Waals surface area contributed by atoms with Crippen molar-refractivity contribution < 1.29 is 14.3 Å². The Bertz CT molecular complexity index is 578. The molecule has 0 bridgehead atoms. The van der Waals surface area contributed by atoms with Crippen molar-refractivity contribution in [2.45, 2.75) is 38.0 Å². The first kappa shape index (κ1) is 17.3. The summed E-state index contributed by atoms with van der Waals surface area (Å²) in [5, 5.41) is 0. The smallest absolute Gasteiger partial charge is 0.272 e. The normalized spacial score (nSPS) is 26.7. The van der Waals surface area contributed by atoms with Gasteiger partial charge in [-0.25, -0.2) is 4.98 Å². The fraction of sp³-hybridized carbons (Fsp3) is 0.667. The number of likely N-dealkylation sites (N-methyl/N-ethyl adjacent to an activating group) is 1. The number of amides is 1. The molecule has 1 saturated heterocycles. The van der Waals surface area contributed by atoms with E-state index >= 15 is 0 Å². The van der Waals surface area contributed by atoms with Gasteiger partial charge in [0, 0.05) is 18.8 Å². The summed E-state index contributed by atoms with van der Waals surface area (Å²) in [5.74, 6) is 0.00550. The summed E-state index contributed by atoms with van der Waals surface area (Å²) in [6, 6.07) is 5.68. The largest absolute Gasteiger partial charge is 0.374 e. The fourth-order valence-corrected chi connectivity index (χ4v) is 3.54. The summed E-state index contributed by atoms with van der Waals surface area (Å²) >= 11 is 0. The lowest BCUT2D eigenvalue weighted by Gasteiger charge is -2.39. The van der Waals surface area contributed by atoms with Crippen LogP contribution in [0.5, 0.6) is 0 Å². The van der Waals surface area contributed by atoms with E-state index in [-0.39, 0.29) is 24.2 Å². The average molecular weight is 333 g/mol.